The molecule has 2 rings (SSSR count). The van der Waals surface area contributed by atoms with Gasteiger partial charge >= 0.3 is 0 Å². The van der Waals surface area contributed by atoms with E-state index in [2.05, 4.69) is 29.9 Å². The summed E-state index contributed by atoms with van der Waals surface area (Å²) in [6, 6.07) is 0. The molecule has 16 heavy (non-hydrogen) atoms. The third-order valence-electron chi connectivity index (χ3n) is 3.90. The Morgan fingerprint density at radius 2 is 2.31 bits per heavy atom. The molecule has 4 heteroatoms. The molecule has 0 spiro atoms. The van der Waals surface area contributed by atoms with E-state index in [9.17, 15) is 4.79 Å². The van der Waals surface area contributed by atoms with Gasteiger partial charge in [-0.05, 0) is 49.9 Å². The summed E-state index contributed by atoms with van der Waals surface area (Å²) < 4.78 is 0. The average molecular weight is 242 g/mol. The predicted octanol–water partition coefficient (Wildman–Crippen LogP) is 1.15. The molecule has 1 saturated carbocycles. The number of thiol groups is 1. The summed E-state index contributed by atoms with van der Waals surface area (Å²) in [6.07, 6.45) is 4.25. The zero-order chi connectivity index (χ0) is 11.6. The third-order valence-corrected chi connectivity index (χ3v) is 4.58. The van der Waals surface area contributed by atoms with E-state index in [1.165, 1.54) is 25.8 Å². The lowest BCUT2D eigenvalue weighted by Gasteiger charge is -2.14. The van der Waals surface area contributed by atoms with E-state index in [1.807, 2.05) is 0 Å². The molecule has 1 aliphatic heterocycles. The summed E-state index contributed by atoms with van der Waals surface area (Å²) in [7, 11) is 2.14. The quantitative estimate of drug-likeness (QED) is 0.709. The van der Waals surface area contributed by atoms with Crippen molar-refractivity contribution in [1.29, 1.82) is 0 Å². The van der Waals surface area contributed by atoms with Gasteiger partial charge in [0.15, 0.2) is 0 Å². The second-order valence-electron chi connectivity index (χ2n) is 5.56. The Bertz CT molecular complexity index is 266. The summed E-state index contributed by atoms with van der Waals surface area (Å²) in [5, 5.41) is 3.08. The van der Waals surface area contributed by atoms with E-state index >= 15 is 0 Å². The number of carbonyl (C=O) groups is 1. The van der Waals surface area contributed by atoms with E-state index in [4.69, 9.17) is 0 Å². The van der Waals surface area contributed by atoms with Crippen LogP contribution in [0.4, 0.5) is 0 Å². The van der Waals surface area contributed by atoms with Crippen LogP contribution in [0.1, 0.15) is 25.7 Å². The van der Waals surface area contributed by atoms with Crippen molar-refractivity contribution in [2.75, 3.05) is 32.4 Å². The maximum atomic E-state index is 11.7. The van der Waals surface area contributed by atoms with Crippen molar-refractivity contribution in [2.45, 2.75) is 25.7 Å². The first-order valence-electron chi connectivity index (χ1n) is 6.20. The van der Waals surface area contributed by atoms with Crippen LogP contribution in [-0.2, 0) is 4.79 Å². The fourth-order valence-electron chi connectivity index (χ4n) is 2.42. The standard InChI is InChI=1S/C12H22N2OS/c1-14-5-2-10(8-14)7-13-11(15)6-12(9-16)3-4-12/h10,16H,2-9H2,1H3,(H,13,15). The van der Waals surface area contributed by atoms with Crippen molar-refractivity contribution < 1.29 is 4.79 Å². The SMILES string of the molecule is CN1CCC(CNC(=O)CC2(CS)CC2)C1. The van der Waals surface area contributed by atoms with Crippen LogP contribution >= 0.6 is 12.6 Å². The molecule has 0 aromatic carbocycles. The summed E-state index contributed by atoms with van der Waals surface area (Å²) in [6.45, 7) is 3.14. The second kappa shape index (κ2) is 4.96. The monoisotopic (exact) mass is 242 g/mol. The molecule has 92 valence electrons. The van der Waals surface area contributed by atoms with Crippen LogP contribution in [0.15, 0.2) is 0 Å². The van der Waals surface area contributed by atoms with Crippen LogP contribution in [-0.4, -0.2) is 43.2 Å². The minimum Gasteiger partial charge on any atom is -0.356 e. The second-order valence-corrected chi connectivity index (χ2v) is 5.87. The molecule has 1 heterocycles. The van der Waals surface area contributed by atoms with Gasteiger partial charge in [0.1, 0.15) is 0 Å². The summed E-state index contributed by atoms with van der Waals surface area (Å²) in [4.78, 5) is 14.1. The fraction of sp³-hybridized carbons (Fsp3) is 0.917. The number of hydrogen-bond donors (Lipinski definition) is 2. The molecule has 1 aliphatic carbocycles. The summed E-state index contributed by atoms with van der Waals surface area (Å²) in [5.74, 6) is 1.73. The fourth-order valence-corrected chi connectivity index (χ4v) is 2.85. The van der Waals surface area contributed by atoms with Crippen LogP contribution in [0.3, 0.4) is 0 Å². The zero-order valence-electron chi connectivity index (χ0n) is 10.0. The van der Waals surface area contributed by atoms with Crippen molar-refractivity contribution in [1.82, 2.24) is 10.2 Å². The van der Waals surface area contributed by atoms with Crippen molar-refractivity contribution >= 4 is 18.5 Å². The normalized spacial score (nSPS) is 28.0. The molecular formula is C12H22N2OS. The van der Waals surface area contributed by atoms with Gasteiger partial charge in [0, 0.05) is 19.5 Å². The van der Waals surface area contributed by atoms with Gasteiger partial charge in [-0.2, -0.15) is 12.6 Å². The van der Waals surface area contributed by atoms with Gasteiger partial charge in [-0.15, -0.1) is 0 Å². The Morgan fingerprint density at radius 3 is 2.81 bits per heavy atom. The summed E-state index contributed by atoms with van der Waals surface area (Å²) in [5.41, 5.74) is 0.250. The molecule has 1 N–H and O–H groups in total. The van der Waals surface area contributed by atoms with Gasteiger partial charge in [0.25, 0.3) is 0 Å². The lowest BCUT2D eigenvalue weighted by atomic mass is 10.0. The van der Waals surface area contributed by atoms with Crippen molar-refractivity contribution in [3.63, 3.8) is 0 Å². The molecule has 1 atom stereocenters. The number of rotatable bonds is 5. The first-order chi connectivity index (χ1) is 7.63. The Morgan fingerprint density at radius 1 is 1.56 bits per heavy atom. The number of nitrogens with one attached hydrogen (secondary N) is 1. The van der Waals surface area contributed by atoms with Gasteiger partial charge in [-0.1, -0.05) is 0 Å². The van der Waals surface area contributed by atoms with Crippen LogP contribution < -0.4 is 5.32 Å². The lowest BCUT2D eigenvalue weighted by Crippen LogP contribution is -2.32. The van der Waals surface area contributed by atoms with E-state index < -0.39 is 0 Å². The summed E-state index contributed by atoms with van der Waals surface area (Å²) >= 11 is 4.32. The highest BCUT2D eigenvalue weighted by Crippen LogP contribution is 2.49. The highest BCUT2D eigenvalue weighted by atomic mass is 32.1. The third kappa shape index (κ3) is 3.14. The van der Waals surface area contributed by atoms with E-state index in [-0.39, 0.29) is 11.3 Å². The minimum absolute atomic E-state index is 0.223. The number of hydrogen-bond acceptors (Lipinski definition) is 3. The van der Waals surface area contributed by atoms with Gasteiger partial charge < -0.3 is 10.2 Å². The highest BCUT2D eigenvalue weighted by Gasteiger charge is 2.42. The number of carbonyl (C=O) groups excluding carboxylic acids is 1. The smallest absolute Gasteiger partial charge is 0.220 e. The highest BCUT2D eigenvalue weighted by molar-refractivity contribution is 7.80. The van der Waals surface area contributed by atoms with Crippen LogP contribution in [0, 0.1) is 11.3 Å². The number of amides is 1. The Labute approximate surface area is 103 Å². The number of nitrogens with zero attached hydrogens (tertiary/aromatic N) is 1. The van der Waals surface area contributed by atoms with E-state index in [1.54, 1.807) is 0 Å². The first kappa shape index (κ1) is 12.2. The minimum atomic E-state index is 0.223. The molecule has 1 unspecified atom stereocenters. The largest absolute Gasteiger partial charge is 0.356 e. The average Bonchev–Trinajstić information content (AvgIpc) is 2.91. The van der Waals surface area contributed by atoms with Gasteiger partial charge in [0.2, 0.25) is 5.91 Å². The Kier molecular flexibility index (Phi) is 3.80. The molecule has 0 bridgehead atoms. The van der Waals surface area contributed by atoms with Crippen LogP contribution in [0.5, 0.6) is 0 Å². The molecular weight excluding hydrogens is 220 g/mol. The van der Waals surface area contributed by atoms with Crippen molar-refractivity contribution in [3.8, 4) is 0 Å². The molecule has 0 aromatic heterocycles. The predicted molar refractivity (Wildman–Crippen MR) is 68.8 cm³/mol. The maximum absolute atomic E-state index is 11.7. The Balaban J connectivity index is 1.64. The maximum Gasteiger partial charge on any atom is 0.220 e. The molecule has 3 nitrogen and oxygen atoms in total. The van der Waals surface area contributed by atoms with Crippen molar-refractivity contribution in [2.24, 2.45) is 11.3 Å². The first-order valence-corrected chi connectivity index (χ1v) is 6.83. The molecule has 2 aliphatic rings. The van der Waals surface area contributed by atoms with E-state index in [0.717, 1.165) is 18.8 Å². The Hall–Kier alpha value is -0.220. The zero-order valence-corrected chi connectivity index (χ0v) is 10.9. The molecule has 0 radical (unpaired) electrons. The van der Waals surface area contributed by atoms with Gasteiger partial charge in [-0.3, -0.25) is 4.79 Å². The van der Waals surface area contributed by atoms with Crippen molar-refractivity contribution in [3.05, 3.63) is 0 Å². The lowest BCUT2D eigenvalue weighted by molar-refractivity contribution is -0.122. The van der Waals surface area contributed by atoms with Gasteiger partial charge in [-0.25, -0.2) is 0 Å². The molecule has 2 fully saturated rings. The molecule has 0 aromatic rings. The van der Waals surface area contributed by atoms with Crippen LogP contribution in [0.25, 0.3) is 0 Å². The molecule has 1 amide bonds. The van der Waals surface area contributed by atoms with Crippen LogP contribution in [0.2, 0.25) is 0 Å². The van der Waals surface area contributed by atoms with E-state index in [0.29, 0.717) is 12.3 Å². The topological polar surface area (TPSA) is 32.3 Å². The van der Waals surface area contributed by atoms with Gasteiger partial charge in [0.05, 0.1) is 0 Å². The number of likely N-dealkylation sites (tertiary alicyclic amines) is 1. The molecule has 1 saturated heterocycles.